The van der Waals surface area contributed by atoms with Crippen molar-refractivity contribution in [2.45, 2.75) is 6.54 Å². The molecule has 0 aliphatic carbocycles. The van der Waals surface area contributed by atoms with Gasteiger partial charge in [-0.25, -0.2) is 0 Å². The highest BCUT2D eigenvalue weighted by atomic mass is 32.1. The first-order valence-corrected chi connectivity index (χ1v) is 5.98. The molecular formula is C10H9N5O3S. The van der Waals surface area contributed by atoms with Crippen LogP contribution in [-0.2, 0) is 6.54 Å². The third-order valence-corrected chi connectivity index (χ3v) is 2.95. The van der Waals surface area contributed by atoms with E-state index in [1.807, 2.05) is 0 Å². The summed E-state index contributed by atoms with van der Waals surface area (Å²) in [5.74, 6) is -0.419. The van der Waals surface area contributed by atoms with Crippen molar-refractivity contribution in [3.63, 3.8) is 0 Å². The van der Waals surface area contributed by atoms with Gasteiger partial charge in [0.05, 0.1) is 11.5 Å². The minimum atomic E-state index is -0.553. The van der Waals surface area contributed by atoms with Crippen LogP contribution >= 0.6 is 11.3 Å². The summed E-state index contributed by atoms with van der Waals surface area (Å²) >= 11 is 1.17. The third-order valence-electron chi connectivity index (χ3n) is 2.20. The maximum atomic E-state index is 11.8. The lowest BCUT2D eigenvalue weighted by molar-refractivity contribution is -0.384. The minimum Gasteiger partial charge on any atom is -0.374 e. The van der Waals surface area contributed by atoms with Crippen molar-refractivity contribution in [2.24, 2.45) is 0 Å². The molecule has 1 heterocycles. The molecule has 0 radical (unpaired) electrons. The van der Waals surface area contributed by atoms with Gasteiger partial charge in [0, 0.05) is 17.7 Å². The number of non-ortho nitro benzene ring substituents is 1. The first-order valence-electron chi connectivity index (χ1n) is 5.17. The lowest BCUT2D eigenvalue weighted by atomic mass is 10.2. The van der Waals surface area contributed by atoms with Gasteiger partial charge in [0.1, 0.15) is 5.01 Å². The van der Waals surface area contributed by atoms with Gasteiger partial charge >= 0.3 is 0 Å². The smallest absolute Gasteiger partial charge is 0.270 e. The normalized spacial score (nSPS) is 10.1. The molecule has 0 spiro atoms. The number of rotatable bonds is 4. The van der Waals surface area contributed by atoms with Crippen molar-refractivity contribution in [1.29, 1.82) is 0 Å². The number of carbonyl (C=O) groups is 1. The Morgan fingerprint density at radius 2 is 2.26 bits per heavy atom. The average molecular weight is 279 g/mol. The molecule has 0 atom stereocenters. The minimum absolute atomic E-state index is 0.132. The van der Waals surface area contributed by atoms with E-state index < -0.39 is 10.8 Å². The van der Waals surface area contributed by atoms with E-state index in [0.29, 0.717) is 10.1 Å². The van der Waals surface area contributed by atoms with Crippen LogP contribution in [0.3, 0.4) is 0 Å². The number of nitrogens with one attached hydrogen (secondary N) is 1. The van der Waals surface area contributed by atoms with Crippen LogP contribution in [0.4, 0.5) is 10.8 Å². The summed E-state index contributed by atoms with van der Waals surface area (Å²) in [4.78, 5) is 21.8. The molecule has 1 amide bonds. The molecule has 8 nitrogen and oxygen atoms in total. The van der Waals surface area contributed by atoms with Crippen LogP contribution < -0.4 is 11.1 Å². The number of hydrogen-bond donors (Lipinski definition) is 2. The van der Waals surface area contributed by atoms with E-state index in [9.17, 15) is 14.9 Å². The van der Waals surface area contributed by atoms with E-state index in [1.165, 1.54) is 35.6 Å². The van der Waals surface area contributed by atoms with Gasteiger partial charge < -0.3 is 11.1 Å². The fraction of sp³-hybridized carbons (Fsp3) is 0.100. The Balaban J connectivity index is 2.03. The van der Waals surface area contributed by atoms with Gasteiger partial charge in [0.25, 0.3) is 11.6 Å². The van der Waals surface area contributed by atoms with Gasteiger partial charge in [-0.3, -0.25) is 14.9 Å². The van der Waals surface area contributed by atoms with Gasteiger partial charge in [-0.15, -0.1) is 10.2 Å². The molecule has 0 aliphatic heterocycles. The molecule has 0 bridgehead atoms. The summed E-state index contributed by atoms with van der Waals surface area (Å²) in [5.41, 5.74) is 5.49. The van der Waals surface area contributed by atoms with Crippen LogP contribution in [0, 0.1) is 10.1 Å². The van der Waals surface area contributed by atoms with Crippen molar-refractivity contribution in [2.75, 3.05) is 5.73 Å². The zero-order valence-corrected chi connectivity index (χ0v) is 10.4. The molecular weight excluding hydrogens is 270 g/mol. The average Bonchev–Trinajstić information content (AvgIpc) is 2.82. The maximum absolute atomic E-state index is 11.8. The summed E-state index contributed by atoms with van der Waals surface area (Å²) in [7, 11) is 0. The number of benzene rings is 1. The van der Waals surface area contributed by atoms with E-state index in [1.54, 1.807) is 0 Å². The molecule has 2 aromatic rings. The van der Waals surface area contributed by atoms with Crippen molar-refractivity contribution >= 4 is 28.1 Å². The number of nitrogen functional groups attached to an aromatic ring is 1. The predicted octanol–water partition coefficient (Wildman–Crippen LogP) is 0.958. The number of nitrogens with two attached hydrogens (primary N) is 1. The molecule has 0 fully saturated rings. The van der Waals surface area contributed by atoms with Gasteiger partial charge in [0.2, 0.25) is 5.13 Å². The molecule has 3 N–H and O–H groups in total. The van der Waals surface area contributed by atoms with Crippen molar-refractivity contribution < 1.29 is 9.72 Å². The maximum Gasteiger partial charge on any atom is 0.270 e. The van der Waals surface area contributed by atoms with Crippen molar-refractivity contribution in [1.82, 2.24) is 15.5 Å². The highest BCUT2D eigenvalue weighted by molar-refractivity contribution is 7.15. The zero-order valence-electron chi connectivity index (χ0n) is 9.57. The quantitative estimate of drug-likeness (QED) is 0.634. The van der Waals surface area contributed by atoms with Gasteiger partial charge in [-0.2, -0.15) is 0 Å². The monoisotopic (exact) mass is 279 g/mol. The Hall–Kier alpha value is -2.55. The molecule has 0 aliphatic rings. The number of amides is 1. The van der Waals surface area contributed by atoms with E-state index in [4.69, 9.17) is 5.73 Å². The van der Waals surface area contributed by atoms with Gasteiger partial charge in [-0.1, -0.05) is 17.4 Å². The van der Waals surface area contributed by atoms with Crippen LogP contribution in [0.15, 0.2) is 24.3 Å². The van der Waals surface area contributed by atoms with Crippen LogP contribution in [-0.4, -0.2) is 21.0 Å². The molecule has 1 aromatic carbocycles. The Bertz CT molecular complexity index is 627. The second-order valence-electron chi connectivity index (χ2n) is 3.52. The third kappa shape index (κ3) is 3.22. The fourth-order valence-corrected chi connectivity index (χ4v) is 1.91. The predicted molar refractivity (Wildman–Crippen MR) is 68.6 cm³/mol. The van der Waals surface area contributed by atoms with Gasteiger partial charge in [0.15, 0.2) is 0 Å². The van der Waals surface area contributed by atoms with Crippen LogP contribution in [0.2, 0.25) is 0 Å². The second-order valence-corrected chi connectivity index (χ2v) is 4.62. The number of anilines is 1. The van der Waals surface area contributed by atoms with Crippen molar-refractivity contribution in [3.05, 3.63) is 45.0 Å². The number of hydrogen-bond acceptors (Lipinski definition) is 7. The van der Waals surface area contributed by atoms with E-state index in [0.717, 1.165) is 0 Å². The zero-order chi connectivity index (χ0) is 13.8. The van der Waals surface area contributed by atoms with Crippen LogP contribution in [0.1, 0.15) is 15.4 Å². The van der Waals surface area contributed by atoms with Gasteiger partial charge in [-0.05, 0) is 6.07 Å². The fourth-order valence-electron chi connectivity index (χ4n) is 1.36. The SMILES string of the molecule is Nc1nnc(CNC(=O)c2cccc([N+](=O)[O-])c2)s1. The number of carbonyl (C=O) groups excluding carboxylic acids is 1. The first-order chi connectivity index (χ1) is 9.06. The number of nitro groups is 1. The molecule has 19 heavy (non-hydrogen) atoms. The standard InChI is InChI=1S/C10H9N5O3S/c11-10-14-13-8(19-10)5-12-9(16)6-2-1-3-7(4-6)15(17)18/h1-4H,5H2,(H2,11,14)(H,12,16). The van der Waals surface area contributed by atoms with E-state index in [2.05, 4.69) is 15.5 Å². The molecule has 0 saturated carbocycles. The van der Waals surface area contributed by atoms with Crippen molar-refractivity contribution in [3.8, 4) is 0 Å². The second kappa shape index (κ2) is 5.40. The highest BCUT2D eigenvalue weighted by Crippen LogP contribution is 2.14. The Labute approximate surface area is 111 Å². The van der Waals surface area contributed by atoms with E-state index >= 15 is 0 Å². The molecule has 0 unspecified atom stereocenters. The Morgan fingerprint density at radius 3 is 2.89 bits per heavy atom. The summed E-state index contributed by atoms with van der Waals surface area (Å²) < 4.78 is 0. The molecule has 9 heteroatoms. The topological polar surface area (TPSA) is 124 Å². The summed E-state index contributed by atoms with van der Waals surface area (Å²) in [6, 6.07) is 5.48. The number of nitro benzene ring substituents is 1. The highest BCUT2D eigenvalue weighted by Gasteiger charge is 2.11. The Kier molecular flexibility index (Phi) is 3.66. The summed E-state index contributed by atoms with van der Waals surface area (Å²) in [5, 5.41) is 21.4. The molecule has 2 rings (SSSR count). The van der Waals surface area contributed by atoms with Crippen LogP contribution in [0.25, 0.3) is 0 Å². The molecule has 98 valence electrons. The lowest BCUT2D eigenvalue weighted by Gasteiger charge is -2.02. The molecule has 1 aromatic heterocycles. The number of aromatic nitrogens is 2. The largest absolute Gasteiger partial charge is 0.374 e. The summed E-state index contributed by atoms with van der Waals surface area (Å²) in [6.07, 6.45) is 0. The summed E-state index contributed by atoms with van der Waals surface area (Å²) in [6.45, 7) is 0.177. The first kappa shape index (κ1) is 12.9. The van der Waals surface area contributed by atoms with Crippen LogP contribution in [0.5, 0.6) is 0 Å². The molecule has 0 saturated heterocycles. The Morgan fingerprint density at radius 1 is 1.47 bits per heavy atom. The lowest BCUT2D eigenvalue weighted by Crippen LogP contribution is -2.22. The van der Waals surface area contributed by atoms with E-state index in [-0.39, 0.29) is 17.8 Å². The number of nitrogens with zero attached hydrogens (tertiary/aromatic N) is 3.